The molecule has 5 nitrogen and oxygen atoms in total. The number of benzene rings is 2. The maximum Gasteiger partial charge on any atom is 0.438 e. The Bertz CT molecular complexity index is 1000. The van der Waals surface area contributed by atoms with Crippen LogP contribution in [-0.4, -0.2) is 21.7 Å². The third-order valence-electron chi connectivity index (χ3n) is 4.37. The number of hydrogen-bond acceptors (Lipinski definition) is 5. The van der Waals surface area contributed by atoms with Crippen molar-refractivity contribution in [3.8, 4) is 10.8 Å². The summed E-state index contributed by atoms with van der Waals surface area (Å²) in [5, 5.41) is 6.30. The third-order valence-corrected chi connectivity index (χ3v) is 5.22. The Balaban J connectivity index is 1.65. The van der Waals surface area contributed by atoms with Crippen LogP contribution >= 0.6 is 11.3 Å². The molecule has 0 radical (unpaired) electrons. The first-order chi connectivity index (χ1) is 13.2. The van der Waals surface area contributed by atoms with E-state index in [-0.39, 0.29) is 6.04 Å². The first kappa shape index (κ1) is 17.5. The van der Waals surface area contributed by atoms with Gasteiger partial charge < -0.3 is 4.42 Å². The summed E-state index contributed by atoms with van der Waals surface area (Å²) in [5.74, 6) is -0.0931. The SMILES string of the molecule is CN(Cn1nc(-c2cccs2)oc1=O)C(c1ccccc1)c1ccccc1. The molecule has 0 atom stereocenters. The second-order valence-electron chi connectivity index (χ2n) is 6.27. The zero-order valence-corrected chi connectivity index (χ0v) is 15.7. The Labute approximate surface area is 161 Å². The molecular weight excluding hydrogens is 358 g/mol. The highest BCUT2D eigenvalue weighted by atomic mass is 32.1. The largest absolute Gasteiger partial charge is 0.438 e. The fourth-order valence-corrected chi connectivity index (χ4v) is 3.80. The van der Waals surface area contributed by atoms with Gasteiger partial charge in [-0.3, -0.25) is 4.90 Å². The van der Waals surface area contributed by atoms with E-state index in [1.54, 1.807) is 0 Å². The molecule has 0 aliphatic rings. The molecule has 2 heterocycles. The number of nitrogens with zero attached hydrogens (tertiary/aromatic N) is 3. The lowest BCUT2D eigenvalue weighted by Crippen LogP contribution is -2.32. The van der Waals surface area contributed by atoms with Crippen molar-refractivity contribution in [3.05, 3.63) is 99.9 Å². The minimum atomic E-state index is -0.454. The average Bonchev–Trinajstić information content (AvgIpc) is 3.34. The fourth-order valence-electron chi connectivity index (χ4n) is 3.16. The molecule has 4 aromatic rings. The van der Waals surface area contributed by atoms with Crippen molar-refractivity contribution in [1.29, 1.82) is 0 Å². The molecule has 0 unspecified atom stereocenters. The van der Waals surface area contributed by atoms with Gasteiger partial charge in [0.2, 0.25) is 0 Å². The van der Waals surface area contributed by atoms with E-state index >= 15 is 0 Å². The highest BCUT2D eigenvalue weighted by Crippen LogP contribution is 2.28. The second-order valence-corrected chi connectivity index (χ2v) is 7.22. The molecule has 0 bridgehead atoms. The van der Waals surface area contributed by atoms with Gasteiger partial charge in [0.25, 0.3) is 5.89 Å². The highest BCUT2D eigenvalue weighted by molar-refractivity contribution is 7.13. The number of aromatic nitrogens is 2. The Morgan fingerprint density at radius 2 is 1.63 bits per heavy atom. The standard InChI is InChI=1S/C21H19N3O2S/c1-23(15-24-21(25)26-20(22-24)18-13-8-14-27-18)19(16-9-4-2-5-10-16)17-11-6-3-7-12-17/h2-14,19H,15H2,1H3. The number of rotatable bonds is 6. The van der Waals surface area contributed by atoms with E-state index in [0.29, 0.717) is 12.6 Å². The zero-order chi connectivity index (χ0) is 18.6. The van der Waals surface area contributed by atoms with Crippen LogP contribution in [0.4, 0.5) is 0 Å². The minimum Gasteiger partial charge on any atom is -0.387 e. The van der Waals surface area contributed by atoms with E-state index < -0.39 is 5.76 Å². The summed E-state index contributed by atoms with van der Waals surface area (Å²) >= 11 is 1.49. The lowest BCUT2D eigenvalue weighted by Gasteiger charge is -2.28. The van der Waals surface area contributed by atoms with Gasteiger partial charge in [0, 0.05) is 0 Å². The van der Waals surface area contributed by atoms with Crippen LogP contribution in [0.1, 0.15) is 17.2 Å². The van der Waals surface area contributed by atoms with E-state index in [0.717, 1.165) is 16.0 Å². The van der Waals surface area contributed by atoms with E-state index in [1.165, 1.54) is 16.0 Å². The fraction of sp³-hybridized carbons (Fsp3) is 0.143. The summed E-state index contributed by atoms with van der Waals surface area (Å²) in [6.45, 7) is 0.322. The molecular formula is C21H19N3O2S. The van der Waals surface area contributed by atoms with Crippen LogP contribution in [0.25, 0.3) is 10.8 Å². The van der Waals surface area contributed by atoms with Gasteiger partial charge in [0.1, 0.15) is 6.67 Å². The van der Waals surface area contributed by atoms with Gasteiger partial charge in [0.15, 0.2) is 0 Å². The number of thiophene rings is 1. The van der Waals surface area contributed by atoms with E-state index in [9.17, 15) is 4.79 Å². The van der Waals surface area contributed by atoms with Gasteiger partial charge in [-0.15, -0.1) is 16.4 Å². The van der Waals surface area contributed by atoms with Crippen molar-refractivity contribution in [2.45, 2.75) is 12.7 Å². The van der Waals surface area contributed by atoms with Crippen LogP contribution in [-0.2, 0) is 6.67 Å². The topological polar surface area (TPSA) is 51.3 Å². The first-order valence-electron chi connectivity index (χ1n) is 8.64. The smallest absolute Gasteiger partial charge is 0.387 e. The van der Waals surface area contributed by atoms with Crippen molar-refractivity contribution in [3.63, 3.8) is 0 Å². The van der Waals surface area contributed by atoms with E-state index in [2.05, 4.69) is 34.3 Å². The van der Waals surface area contributed by atoms with Crippen LogP contribution in [0.15, 0.2) is 87.4 Å². The maximum atomic E-state index is 12.3. The van der Waals surface area contributed by atoms with E-state index in [4.69, 9.17) is 4.42 Å². The molecule has 136 valence electrons. The summed E-state index contributed by atoms with van der Waals surface area (Å²) in [4.78, 5) is 15.2. The van der Waals surface area contributed by atoms with E-state index in [1.807, 2.05) is 61.0 Å². The highest BCUT2D eigenvalue weighted by Gasteiger charge is 2.21. The predicted octanol–water partition coefficient (Wildman–Crippen LogP) is 4.24. The van der Waals surface area contributed by atoms with Gasteiger partial charge in [-0.05, 0) is 29.6 Å². The third kappa shape index (κ3) is 3.77. The maximum absolute atomic E-state index is 12.3. The zero-order valence-electron chi connectivity index (χ0n) is 14.9. The molecule has 0 aliphatic carbocycles. The molecule has 27 heavy (non-hydrogen) atoms. The summed E-state index contributed by atoms with van der Waals surface area (Å²) in [6, 6.07) is 24.3. The number of hydrogen-bond donors (Lipinski definition) is 0. The molecule has 4 rings (SSSR count). The van der Waals surface area contributed by atoms with Crippen molar-refractivity contribution in [1.82, 2.24) is 14.7 Å². The summed E-state index contributed by atoms with van der Waals surface area (Å²) in [6.07, 6.45) is 0. The predicted molar refractivity (Wildman–Crippen MR) is 107 cm³/mol. The molecule has 0 aliphatic heterocycles. The van der Waals surface area contributed by atoms with Gasteiger partial charge in [-0.25, -0.2) is 4.79 Å². The Morgan fingerprint density at radius 3 is 2.19 bits per heavy atom. The molecule has 0 N–H and O–H groups in total. The molecule has 0 fully saturated rings. The molecule has 2 aromatic carbocycles. The Kier molecular flexibility index (Phi) is 5.00. The van der Waals surface area contributed by atoms with Gasteiger partial charge in [-0.2, -0.15) is 4.68 Å². The van der Waals surface area contributed by atoms with Gasteiger partial charge in [-0.1, -0.05) is 66.7 Å². The Hall–Kier alpha value is -2.96. The normalized spacial score (nSPS) is 11.4. The van der Waals surface area contributed by atoms with Crippen molar-refractivity contribution in [2.75, 3.05) is 7.05 Å². The molecule has 0 spiro atoms. The quantitative estimate of drug-likeness (QED) is 0.504. The van der Waals surface area contributed by atoms with Crippen LogP contribution in [0.2, 0.25) is 0 Å². The molecule has 2 aromatic heterocycles. The lowest BCUT2D eigenvalue weighted by molar-refractivity contribution is 0.202. The van der Waals surface area contributed by atoms with Crippen molar-refractivity contribution >= 4 is 11.3 Å². The van der Waals surface area contributed by atoms with Crippen molar-refractivity contribution < 1.29 is 4.42 Å². The first-order valence-corrected chi connectivity index (χ1v) is 9.52. The van der Waals surface area contributed by atoms with Crippen LogP contribution < -0.4 is 5.76 Å². The van der Waals surface area contributed by atoms with Crippen LogP contribution in [0.5, 0.6) is 0 Å². The summed E-state index contributed by atoms with van der Waals surface area (Å²) in [7, 11) is 1.98. The average molecular weight is 377 g/mol. The van der Waals surface area contributed by atoms with Crippen LogP contribution in [0.3, 0.4) is 0 Å². The Morgan fingerprint density at radius 1 is 1.00 bits per heavy atom. The van der Waals surface area contributed by atoms with Crippen LogP contribution in [0, 0.1) is 0 Å². The summed E-state index contributed by atoms with van der Waals surface area (Å²) < 4.78 is 6.70. The molecule has 6 heteroatoms. The van der Waals surface area contributed by atoms with Gasteiger partial charge >= 0.3 is 5.76 Å². The summed E-state index contributed by atoms with van der Waals surface area (Å²) in [5.41, 5.74) is 2.31. The molecule has 0 saturated heterocycles. The molecule has 0 amide bonds. The minimum absolute atomic E-state index is 0.00110. The second kappa shape index (κ2) is 7.73. The van der Waals surface area contributed by atoms with Gasteiger partial charge in [0.05, 0.1) is 10.9 Å². The monoisotopic (exact) mass is 377 g/mol. The van der Waals surface area contributed by atoms with Crippen molar-refractivity contribution in [2.24, 2.45) is 0 Å². The molecule has 0 saturated carbocycles. The lowest BCUT2D eigenvalue weighted by atomic mass is 9.98.